The molecule has 0 radical (unpaired) electrons. The Balaban J connectivity index is 2.29. The quantitative estimate of drug-likeness (QED) is 0.671. The molecule has 0 saturated heterocycles. The summed E-state index contributed by atoms with van der Waals surface area (Å²) in [4.78, 5) is 0. The second-order valence-corrected chi connectivity index (χ2v) is 3.97. The van der Waals surface area contributed by atoms with Gasteiger partial charge in [-0.3, -0.25) is 0 Å². The third kappa shape index (κ3) is 2.76. The lowest BCUT2D eigenvalue weighted by atomic mass is 9.78. The molecule has 0 heterocycles. The van der Waals surface area contributed by atoms with Crippen molar-refractivity contribution in [3.63, 3.8) is 0 Å². The smallest absolute Gasteiger partial charge is 0.00457 e. The van der Waals surface area contributed by atoms with Gasteiger partial charge in [0.2, 0.25) is 0 Å². The van der Waals surface area contributed by atoms with Gasteiger partial charge in [-0.05, 0) is 31.3 Å². The Morgan fingerprint density at radius 1 is 1.08 bits per heavy atom. The summed E-state index contributed by atoms with van der Waals surface area (Å²) >= 11 is 0. The van der Waals surface area contributed by atoms with E-state index in [-0.39, 0.29) is 0 Å². The van der Waals surface area contributed by atoms with Gasteiger partial charge in [0.25, 0.3) is 0 Å². The fraction of sp³-hybridized carbons (Fsp3) is 1.00. The minimum absolute atomic E-state index is 0.704. The van der Waals surface area contributed by atoms with Crippen LogP contribution in [0.2, 0.25) is 0 Å². The molecule has 1 aliphatic rings. The van der Waals surface area contributed by atoms with Crippen LogP contribution in [0.4, 0.5) is 0 Å². The molecule has 2 heteroatoms. The van der Waals surface area contributed by atoms with E-state index in [1.165, 1.54) is 32.1 Å². The van der Waals surface area contributed by atoms with Gasteiger partial charge in [0.1, 0.15) is 0 Å². The van der Waals surface area contributed by atoms with Crippen molar-refractivity contribution >= 4 is 0 Å². The summed E-state index contributed by atoms with van der Waals surface area (Å²) in [6.45, 7) is 1.64. The lowest BCUT2D eigenvalue weighted by Gasteiger charge is -2.29. The van der Waals surface area contributed by atoms with Crippen molar-refractivity contribution in [2.75, 3.05) is 13.1 Å². The monoisotopic (exact) mass is 170 g/mol. The van der Waals surface area contributed by atoms with Crippen LogP contribution in [-0.4, -0.2) is 13.1 Å². The molecule has 1 unspecified atom stereocenters. The van der Waals surface area contributed by atoms with Crippen LogP contribution in [0, 0.1) is 11.8 Å². The van der Waals surface area contributed by atoms with E-state index < -0.39 is 0 Å². The Morgan fingerprint density at radius 2 is 1.75 bits per heavy atom. The molecular weight excluding hydrogens is 148 g/mol. The molecule has 0 aromatic carbocycles. The number of rotatable bonds is 4. The zero-order chi connectivity index (χ0) is 8.81. The Morgan fingerprint density at radius 3 is 2.25 bits per heavy atom. The standard InChI is InChI=1S/C10H22N2/c11-7-6-10(8-12)9-4-2-1-3-5-9/h9-10H,1-8,11-12H2. The molecule has 2 nitrogen and oxygen atoms in total. The molecule has 1 saturated carbocycles. The summed E-state index contributed by atoms with van der Waals surface area (Å²) < 4.78 is 0. The van der Waals surface area contributed by atoms with Crippen LogP contribution in [-0.2, 0) is 0 Å². The molecule has 1 fully saturated rings. The van der Waals surface area contributed by atoms with E-state index in [4.69, 9.17) is 11.5 Å². The largest absolute Gasteiger partial charge is 0.330 e. The highest BCUT2D eigenvalue weighted by atomic mass is 14.6. The molecule has 1 atom stereocenters. The number of hydrogen-bond acceptors (Lipinski definition) is 2. The third-order valence-electron chi connectivity index (χ3n) is 3.16. The molecule has 4 N–H and O–H groups in total. The first kappa shape index (κ1) is 10.0. The Labute approximate surface area is 75.7 Å². The van der Waals surface area contributed by atoms with E-state index in [0.29, 0.717) is 5.92 Å². The van der Waals surface area contributed by atoms with E-state index in [1.54, 1.807) is 0 Å². The van der Waals surface area contributed by atoms with Crippen molar-refractivity contribution in [2.24, 2.45) is 23.3 Å². The van der Waals surface area contributed by atoms with Gasteiger partial charge in [-0.1, -0.05) is 32.1 Å². The van der Waals surface area contributed by atoms with Crippen molar-refractivity contribution in [3.05, 3.63) is 0 Å². The summed E-state index contributed by atoms with van der Waals surface area (Å²) in [5, 5.41) is 0. The molecule has 12 heavy (non-hydrogen) atoms. The number of nitrogens with two attached hydrogens (primary N) is 2. The first-order chi connectivity index (χ1) is 5.88. The summed E-state index contributed by atoms with van der Waals surface area (Å²) in [6.07, 6.45) is 8.15. The molecule has 72 valence electrons. The maximum Gasteiger partial charge on any atom is -0.00457 e. The maximum atomic E-state index is 5.73. The summed E-state index contributed by atoms with van der Waals surface area (Å²) in [5.41, 5.74) is 11.3. The van der Waals surface area contributed by atoms with Gasteiger partial charge in [-0.15, -0.1) is 0 Å². The second kappa shape index (κ2) is 5.55. The second-order valence-electron chi connectivity index (χ2n) is 3.97. The fourth-order valence-electron chi connectivity index (χ4n) is 2.37. The van der Waals surface area contributed by atoms with E-state index in [9.17, 15) is 0 Å². The minimum atomic E-state index is 0.704. The topological polar surface area (TPSA) is 52.0 Å². The highest BCUT2D eigenvalue weighted by Crippen LogP contribution is 2.30. The fourth-order valence-corrected chi connectivity index (χ4v) is 2.37. The van der Waals surface area contributed by atoms with E-state index in [1.807, 2.05) is 0 Å². The molecule has 0 spiro atoms. The van der Waals surface area contributed by atoms with Crippen LogP contribution in [0.3, 0.4) is 0 Å². The predicted molar refractivity (Wildman–Crippen MR) is 52.8 cm³/mol. The zero-order valence-corrected chi connectivity index (χ0v) is 7.97. The van der Waals surface area contributed by atoms with Gasteiger partial charge in [0.15, 0.2) is 0 Å². The van der Waals surface area contributed by atoms with Gasteiger partial charge < -0.3 is 11.5 Å². The van der Waals surface area contributed by atoms with Crippen LogP contribution in [0.25, 0.3) is 0 Å². The van der Waals surface area contributed by atoms with Crippen LogP contribution >= 0.6 is 0 Å². The van der Waals surface area contributed by atoms with Crippen LogP contribution < -0.4 is 11.5 Å². The average Bonchev–Trinajstić information content (AvgIpc) is 2.15. The summed E-state index contributed by atoms with van der Waals surface area (Å²) in [7, 11) is 0. The van der Waals surface area contributed by atoms with Gasteiger partial charge in [-0.2, -0.15) is 0 Å². The predicted octanol–water partition coefficient (Wildman–Crippen LogP) is 1.49. The van der Waals surface area contributed by atoms with Crippen LogP contribution in [0.1, 0.15) is 38.5 Å². The molecule has 1 aliphatic carbocycles. The van der Waals surface area contributed by atoms with Crippen LogP contribution in [0.5, 0.6) is 0 Å². The van der Waals surface area contributed by atoms with Crippen molar-refractivity contribution < 1.29 is 0 Å². The van der Waals surface area contributed by atoms with E-state index >= 15 is 0 Å². The van der Waals surface area contributed by atoms with Crippen molar-refractivity contribution in [1.29, 1.82) is 0 Å². The van der Waals surface area contributed by atoms with Crippen molar-refractivity contribution in [3.8, 4) is 0 Å². The summed E-state index contributed by atoms with van der Waals surface area (Å²) in [6, 6.07) is 0. The molecule has 0 aromatic rings. The van der Waals surface area contributed by atoms with Crippen molar-refractivity contribution in [1.82, 2.24) is 0 Å². The maximum absolute atomic E-state index is 5.73. The molecule has 0 bridgehead atoms. The molecule has 0 aliphatic heterocycles. The molecule has 0 amide bonds. The molecule has 1 rings (SSSR count). The highest BCUT2D eigenvalue weighted by Gasteiger charge is 2.21. The third-order valence-corrected chi connectivity index (χ3v) is 3.16. The first-order valence-electron chi connectivity index (χ1n) is 5.28. The van der Waals surface area contributed by atoms with Crippen molar-refractivity contribution in [2.45, 2.75) is 38.5 Å². The molecule has 0 aromatic heterocycles. The average molecular weight is 170 g/mol. The summed E-state index contributed by atoms with van der Waals surface area (Å²) in [5.74, 6) is 1.59. The first-order valence-corrected chi connectivity index (χ1v) is 5.28. The van der Waals surface area contributed by atoms with Gasteiger partial charge >= 0.3 is 0 Å². The SMILES string of the molecule is NCCC(CN)C1CCCCC1. The van der Waals surface area contributed by atoms with Gasteiger partial charge in [0, 0.05) is 0 Å². The Hall–Kier alpha value is -0.0800. The van der Waals surface area contributed by atoms with E-state index in [2.05, 4.69) is 0 Å². The number of hydrogen-bond donors (Lipinski definition) is 2. The minimum Gasteiger partial charge on any atom is -0.330 e. The highest BCUT2D eigenvalue weighted by molar-refractivity contribution is 4.74. The zero-order valence-electron chi connectivity index (χ0n) is 7.97. The Kier molecular flexibility index (Phi) is 4.62. The van der Waals surface area contributed by atoms with Crippen LogP contribution in [0.15, 0.2) is 0 Å². The van der Waals surface area contributed by atoms with E-state index in [0.717, 1.165) is 25.4 Å². The Bertz CT molecular complexity index is 106. The lowest BCUT2D eigenvalue weighted by molar-refractivity contribution is 0.244. The molecular formula is C10H22N2. The van der Waals surface area contributed by atoms with Gasteiger partial charge in [-0.25, -0.2) is 0 Å². The normalized spacial score (nSPS) is 22.5. The lowest BCUT2D eigenvalue weighted by Crippen LogP contribution is -2.27. The van der Waals surface area contributed by atoms with Gasteiger partial charge in [0.05, 0.1) is 0 Å².